The van der Waals surface area contributed by atoms with Crippen LogP contribution in [-0.4, -0.2) is 48.5 Å². The van der Waals surface area contributed by atoms with E-state index in [1.54, 1.807) is 18.2 Å². The van der Waals surface area contributed by atoms with Crippen molar-refractivity contribution in [1.82, 2.24) is 10.2 Å². The average molecular weight is 347 g/mol. The van der Waals surface area contributed by atoms with Gasteiger partial charge in [-0.15, -0.1) is 0 Å². The molecule has 7 nitrogen and oxygen atoms in total. The van der Waals surface area contributed by atoms with Crippen molar-refractivity contribution in [3.63, 3.8) is 0 Å². The third-order valence-electron chi connectivity index (χ3n) is 4.87. The third kappa shape index (κ3) is 5.16. The number of rotatable bonds is 8. The highest BCUT2D eigenvalue weighted by Crippen LogP contribution is 2.28. The maximum absolute atomic E-state index is 12.2. The molecule has 1 atom stereocenters. The summed E-state index contributed by atoms with van der Waals surface area (Å²) in [6, 6.07) is 6.41. The van der Waals surface area contributed by atoms with Crippen molar-refractivity contribution in [3.8, 4) is 5.75 Å². The number of nitrogens with zero attached hydrogens (tertiary/aromatic N) is 2. The molecule has 1 unspecified atom stereocenters. The topological polar surface area (TPSA) is 84.7 Å². The highest BCUT2D eigenvalue weighted by atomic mass is 16.6. The van der Waals surface area contributed by atoms with E-state index in [1.807, 2.05) is 0 Å². The summed E-state index contributed by atoms with van der Waals surface area (Å²) in [5.74, 6) is 1.19. The summed E-state index contributed by atoms with van der Waals surface area (Å²) >= 11 is 0. The minimum Gasteiger partial charge on any atom is -0.485 e. The van der Waals surface area contributed by atoms with Crippen molar-refractivity contribution in [2.75, 3.05) is 32.8 Å². The zero-order chi connectivity index (χ0) is 17.6. The summed E-state index contributed by atoms with van der Waals surface area (Å²) in [7, 11) is 0. The molecule has 1 saturated heterocycles. The summed E-state index contributed by atoms with van der Waals surface area (Å²) in [4.78, 5) is 25.0. The van der Waals surface area contributed by atoms with Gasteiger partial charge in [-0.05, 0) is 44.2 Å². The SMILES string of the molecule is O=C(NCC1CC1)C1CCCN(CCOc2ccccc2[N+](=O)[O-])C1. The first-order chi connectivity index (χ1) is 12.1. The fourth-order valence-electron chi connectivity index (χ4n) is 3.20. The minimum absolute atomic E-state index is 0.0153. The summed E-state index contributed by atoms with van der Waals surface area (Å²) in [5, 5.41) is 14.1. The van der Waals surface area contributed by atoms with Crippen LogP contribution >= 0.6 is 0 Å². The minimum atomic E-state index is -0.434. The van der Waals surface area contributed by atoms with Gasteiger partial charge in [-0.1, -0.05) is 12.1 Å². The molecule has 1 aromatic rings. The van der Waals surface area contributed by atoms with E-state index in [9.17, 15) is 14.9 Å². The molecule has 25 heavy (non-hydrogen) atoms. The molecule has 1 amide bonds. The van der Waals surface area contributed by atoms with E-state index < -0.39 is 4.92 Å². The predicted molar refractivity (Wildman–Crippen MR) is 93.5 cm³/mol. The van der Waals surface area contributed by atoms with Crippen LogP contribution in [0.4, 0.5) is 5.69 Å². The Labute approximate surface area is 147 Å². The molecule has 1 aliphatic heterocycles. The zero-order valence-corrected chi connectivity index (χ0v) is 14.4. The van der Waals surface area contributed by atoms with Crippen LogP contribution in [0.5, 0.6) is 5.75 Å². The number of nitrogens with one attached hydrogen (secondary N) is 1. The lowest BCUT2D eigenvalue weighted by atomic mass is 9.97. The van der Waals surface area contributed by atoms with Gasteiger partial charge in [0.25, 0.3) is 0 Å². The number of hydrogen-bond donors (Lipinski definition) is 1. The van der Waals surface area contributed by atoms with Crippen LogP contribution < -0.4 is 10.1 Å². The van der Waals surface area contributed by atoms with Crippen molar-refractivity contribution >= 4 is 11.6 Å². The summed E-state index contributed by atoms with van der Waals surface area (Å²) in [5.41, 5.74) is -0.0153. The van der Waals surface area contributed by atoms with Crippen LogP contribution in [0, 0.1) is 22.0 Å². The molecule has 3 rings (SSSR count). The number of ether oxygens (including phenoxy) is 1. The number of carbonyl (C=O) groups excluding carboxylic acids is 1. The molecule has 2 aliphatic rings. The van der Waals surface area contributed by atoms with Gasteiger partial charge in [0.05, 0.1) is 10.8 Å². The second-order valence-corrected chi connectivity index (χ2v) is 6.90. The highest BCUT2D eigenvalue weighted by Gasteiger charge is 2.28. The van der Waals surface area contributed by atoms with Crippen LogP contribution in [0.15, 0.2) is 24.3 Å². The van der Waals surface area contributed by atoms with Crippen LogP contribution in [0.25, 0.3) is 0 Å². The molecule has 0 radical (unpaired) electrons. The maximum atomic E-state index is 12.2. The van der Waals surface area contributed by atoms with E-state index in [1.165, 1.54) is 18.9 Å². The van der Waals surface area contributed by atoms with Crippen LogP contribution in [0.2, 0.25) is 0 Å². The molecule has 0 bridgehead atoms. The Balaban J connectivity index is 1.43. The third-order valence-corrected chi connectivity index (χ3v) is 4.87. The number of nitro benzene ring substituents is 1. The molecule has 1 heterocycles. The van der Waals surface area contributed by atoms with Crippen LogP contribution in [-0.2, 0) is 4.79 Å². The number of para-hydroxylation sites is 2. The number of carbonyl (C=O) groups is 1. The maximum Gasteiger partial charge on any atom is 0.310 e. The lowest BCUT2D eigenvalue weighted by Gasteiger charge is -2.31. The number of benzene rings is 1. The Hall–Kier alpha value is -2.15. The molecule has 1 saturated carbocycles. The fraction of sp³-hybridized carbons (Fsp3) is 0.611. The number of hydrogen-bond acceptors (Lipinski definition) is 5. The van der Waals surface area contributed by atoms with Gasteiger partial charge in [0.15, 0.2) is 5.75 Å². The molecule has 1 N–H and O–H groups in total. The largest absolute Gasteiger partial charge is 0.485 e. The van der Waals surface area contributed by atoms with Crippen molar-refractivity contribution < 1.29 is 14.5 Å². The van der Waals surface area contributed by atoms with E-state index in [0.717, 1.165) is 32.5 Å². The average Bonchev–Trinajstić information content (AvgIpc) is 3.44. The number of amides is 1. The van der Waals surface area contributed by atoms with Gasteiger partial charge >= 0.3 is 5.69 Å². The molecule has 1 aromatic carbocycles. The summed E-state index contributed by atoms with van der Waals surface area (Å²) in [6.07, 6.45) is 4.39. The van der Waals surface area contributed by atoms with E-state index in [4.69, 9.17) is 4.74 Å². The molecule has 136 valence electrons. The lowest BCUT2D eigenvalue weighted by Crippen LogP contribution is -2.44. The first-order valence-corrected chi connectivity index (χ1v) is 9.00. The normalized spacial score (nSPS) is 20.9. The first-order valence-electron chi connectivity index (χ1n) is 9.00. The van der Waals surface area contributed by atoms with E-state index in [2.05, 4.69) is 10.2 Å². The van der Waals surface area contributed by atoms with Crippen molar-refractivity contribution in [3.05, 3.63) is 34.4 Å². The van der Waals surface area contributed by atoms with Gasteiger partial charge in [-0.3, -0.25) is 19.8 Å². The van der Waals surface area contributed by atoms with Crippen molar-refractivity contribution in [1.29, 1.82) is 0 Å². The Morgan fingerprint density at radius 1 is 1.32 bits per heavy atom. The standard InChI is InChI=1S/C18H25N3O4/c22-18(19-12-14-7-8-14)15-4-3-9-20(13-15)10-11-25-17-6-2-1-5-16(17)21(23)24/h1-2,5-6,14-15H,3-4,7-13H2,(H,19,22). The van der Waals surface area contributed by atoms with Crippen molar-refractivity contribution in [2.45, 2.75) is 25.7 Å². The van der Waals surface area contributed by atoms with Crippen LogP contribution in [0.1, 0.15) is 25.7 Å². The zero-order valence-electron chi connectivity index (χ0n) is 14.4. The van der Waals surface area contributed by atoms with E-state index >= 15 is 0 Å². The summed E-state index contributed by atoms with van der Waals surface area (Å²) in [6.45, 7) is 3.53. The second-order valence-electron chi connectivity index (χ2n) is 6.90. The monoisotopic (exact) mass is 347 g/mol. The molecular formula is C18H25N3O4. The Bertz CT molecular complexity index is 618. The Morgan fingerprint density at radius 2 is 2.12 bits per heavy atom. The lowest BCUT2D eigenvalue weighted by molar-refractivity contribution is -0.385. The molecule has 2 fully saturated rings. The number of piperidine rings is 1. The molecule has 0 spiro atoms. The van der Waals surface area contributed by atoms with E-state index in [-0.39, 0.29) is 17.5 Å². The van der Waals surface area contributed by atoms with Gasteiger partial charge < -0.3 is 10.1 Å². The van der Waals surface area contributed by atoms with E-state index in [0.29, 0.717) is 24.8 Å². The second kappa shape index (κ2) is 8.29. The quantitative estimate of drug-likeness (QED) is 0.576. The van der Waals surface area contributed by atoms with Gasteiger partial charge in [-0.25, -0.2) is 0 Å². The Kier molecular flexibility index (Phi) is 5.86. The van der Waals surface area contributed by atoms with Gasteiger partial charge in [0.1, 0.15) is 6.61 Å². The van der Waals surface area contributed by atoms with Crippen LogP contribution in [0.3, 0.4) is 0 Å². The molecule has 0 aromatic heterocycles. The van der Waals surface area contributed by atoms with Gasteiger partial charge in [-0.2, -0.15) is 0 Å². The highest BCUT2D eigenvalue weighted by molar-refractivity contribution is 5.79. The van der Waals surface area contributed by atoms with Gasteiger partial charge in [0.2, 0.25) is 5.91 Å². The smallest absolute Gasteiger partial charge is 0.310 e. The molecule has 1 aliphatic carbocycles. The first kappa shape index (κ1) is 17.7. The van der Waals surface area contributed by atoms with Gasteiger partial charge in [0, 0.05) is 25.7 Å². The summed E-state index contributed by atoms with van der Waals surface area (Å²) < 4.78 is 5.60. The molecule has 7 heteroatoms. The fourth-order valence-corrected chi connectivity index (χ4v) is 3.20. The predicted octanol–water partition coefficient (Wildman–Crippen LogP) is 2.21. The van der Waals surface area contributed by atoms with Crippen molar-refractivity contribution in [2.24, 2.45) is 11.8 Å². The Morgan fingerprint density at radius 3 is 2.88 bits per heavy atom. The molecular weight excluding hydrogens is 322 g/mol. The number of likely N-dealkylation sites (tertiary alicyclic amines) is 1. The number of nitro groups is 1.